The van der Waals surface area contributed by atoms with E-state index in [1.54, 1.807) is 18.3 Å². The second-order valence-electron chi connectivity index (χ2n) is 8.59. The number of fused-ring (bicyclic) bond motifs is 1. The molecule has 0 saturated carbocycles. The topological polar surface area (TPSA) is 94.6 Å². The van der Waals surface area contributed by atoms with Crippen LogP contribution in [0.4, 0.5) is 17.2 Å². The summed E-state index contributed by atoms with van der Waals surface area (Å²) >= 11 is 0. The molecule has 0 radical (unpaired) electrons. The Kier molecular flexibility index (Phi) is 6.10. The lowest BCUT2D eigenvalue weighted by Gasteiger charge is -2.36. The van der Waals surface area contributed by atoms with Gasteiger partial charge in [0, 0.05) is 56.1 Å². The molecular formula is C23H29N5O3S. The number of pyridine rings is 1. The number of carbonyl (C=O) groups excluding carboxylic acids is 1. The van der Waals surface area contributed by atoms with Crippen LogP contribution < -0.4 is 14.9 Å². The predicted octanol–water partition coefficient (Wildman–Crippen LogP) is 2.56. The molecule has 2 heterocycles. The maximum atomic E-state index is 13.1. The van der Waals surface area contributed by atoms with E-state index in [2.05, 4.69) is 33.8 Å². The van der Waals surface area contributed by atoms with E-state index in [-0.39, 0.29) is 5.91 Å². The molecule has 2 N–H and O–H groups in total. The van der Waals surface area contributed by atoms with Crippen LogP contribution in [-0.2, 0) is 21.2 Å². The van der Waals surface area contributed by atoms with Crippen LogP contribution in [0.2, 0.25) is 0 Å². The minimum Gasteiger partial charge on any atom is -0.380 e. The van der Waals surface area contributed by atoms with Crippen molar-refractivity contribution in [1.82, 2.24) is 9.88 Å². The van der Waals surface area contributed by atoms with Gasteiger partial charge in [0.15, 0.2) is 5.82 Å². The predicted molar refractivity (Wildman–Crippen MR) is 128 cm³/mol. The molecule has 32 heavy (non-hydrogen) atoms. The van der Waals surface area contributed by atoms with Crippen molar-refractivity contribution >= 4 is 39.2 Å². The van der Waals surface area contributed by atoms with Crippen molar-refractivity contribution in [1.29, 1.82) is 0 Å². The number of aromatic nitrogens is 1. The third-order valence-electron chi connectivity index (χ3n) is 5.53. The van der Waals surface area contributed by atoms with Crippen LogP contribution in [0.5, 0.6) is 0 Å². The van der Waals surface area contributed by atoms with Crippen LogP contribution in [0.3, 0.4) is 0 Å². The highest BCUT2D eigenvalue weighted by Gasteiger charge is 2.27. The highest BCUT2D eigenvalue weighted by Crippen LogP contribution is 2.30. The molecule has 1 amide bonds. The SMILES string of the molecule is CC(C)Nc1cccnc1N1CCN(C(=O)C2=Cc3cc(NS(C)(=O)=O)ccc3C2)CC1. The number of nitrogens with one attached hydrogen (secondary N) is 2. The normalized spacial score (nSPS) is 16.1. The van der Waals surface area contributed by atoms with E-state index >= 15 is 0 Å². The van der Waals surface area contributed by atoms with E-state index in [0.29, 0.717) is 31.2 Å². The molecule has 0 unspecified atom stereocenters. The first kappa shape index (κ1) is 22.1. The van der Waals surface area contributed by atoms with Crippen LogP contribution >= 0.6 is 0 Å². The fraction of sp³-hybridized carbons (Fsp3) is 0.391. The zero-order valence-corrected chi connectivity index (χ0v) is 19.4. The number of hydrogen-bond donors (Lipinski definition) is 2. The Morgan fingerprint density at radius 1 is 1.12 bits per heavy atom. The molecule has 1 fully saturated rings. The van der Waals surface area contributed by atoms with Gasteiger partial charge in [-0.2, -0.15) is 0 Å². The highest BCUT2D eigenvalue weighted by molar-refractivity contribution is 7.92. The number of piperazine rings is 1. The first-order valence-electron chi connectivity index (χ1n) is 10.8. The minimum absolute atomic E-state index is 0.0417. The summed E-state index contributed by atoms with van der Waals surface area (Å²) in [5.74, 6) is 0.965. The van der Waals surface area contributed by atoms with E-state index in [9.17, 15) is 13.2 Å². The molecule has 170 valence electrons. The summed E-state index contributed by atoms with van der Waals surface area (Å²) in [7, 11) is -3.34. The van der Waals surface area contributed by atoms with Crippen molar-refractivity contribution in [3.05, 3.63) is 53.2 Å². The lowest BCUT2D eigenvalue weighted by atomic mass is 10.1. The van der Waals surface area contributed by atoms with Gasteiger partial charge in [0.2, 0.25) is 15.9 Å². The molecule has 1 aromatic heterocycles. The summed E-state index contributed by atoms with van der Waals surface area (Å²) in [6, 6.07) is 9.66. The fourth-order valence-corrected chi connectivity index (χ4v) is 4.70. The number of anilines is 3. The van der Waals surface area contributed by atoms with Gasteiger partial charge in [0.1, 0.15) is 0 Å². The molecule has 1 aliphatic carbocycles. The van der Waals surface area contributed by atoms with Crippen molar-refractivity contribution in [2.45, 2.75) is 26.3 Å². The number of hydrogen-bond acceptors (Lipinski definition) is 6. The number of carbonyl (C=O) groups is 1. The van der Waals surface area contributed by atoms with Gasteiger partial charge in [-0.1, -0.05) is 6.07 Å². The molecule has 0 atom stereocenters. The van der Waals surface area contributed by atoms with Crippen LogP contribution in [0, 0.1) is 0 Å². The monoisotopic (exact) mass is 455 g/mol. The van der Waals surface area contributed by atoms with Crippen LogP contribution in [0.25, 0.3) is 6.08 Å². The van der Waals surface area contributed by atoms with E-state index in [1.165, 1.54) is 0 Å². The Morgan fingerprint density at radius 3 is 2.56 bits per heavy atom. The zero-order valence-electron chi connectivity index (χ0n) is 18.6. The number of nitrogens with zero attached hydrogens (tertiary/aromatic N) is 3. The Labute approximate surface area is 189 Å². The van der Waals surface area contributed by atoms with Gasteiger partial charge >= 0.3 is 0 Å². The Hall–Kier alpha value is -3.07. The molecule has 4 rings (SSSR count). The van der Waals surface area contributed by atoms with Crippen LogP contribution in [-0.4, -0.2) is 62.7 Å². The third kappa shape index (κ3) is 5.04. The lowest BCUT2D eigenvalue weighted by molar-refractivity contribution is -0.127. The molecule has 8 nitrogen and oxygen atoms in total. The van der Waals surface area contributed by atoms with Gasteiger partial charge in [-0.3, -0.25) is 9.52 Å². The maximum Gasteiger partial charge on any atom is 0.250 e. The van der Waals surface area contributed by atoms with Crippen LogP contribution in [0.15, 0.2) is 42.1 Å². The Morgan fingerprint density at radius 2 is 1.88 bits per heavy atom. The van der Waals surface area contributed by atoms with Crippen molar-refractivity contribution in [2.24, 2.45) is 0 Å². The standard InChI is InChI=1S/C23H29N5O3S/c1-16(2)25-21-5-4-8-24-22(21)27-9-11-28(12-10-27)23(29)19-13-17-6-7-20(15-18(17)14-19)26-32(3,30)31/h4-8,14-16,25-26H,9-13H2,1-3H3. The summed E-state index contributed by atoms with van der Waals surface area (Å²) < 4.78 is 25.5. The van der Waals surface area contributed by atoms with Crippen LogP contribution in [0.1, 0.15) is 25.0 Å². The first-order chi connectivity index (χ1) is 15.2. The maximum absolute atomic E-state index is 13.1. The second kappa shape index (κ2) is 8.82. The van der Waals surface area contributed by atoms with Crippen molar-refractivity contribution < 1.29 is 13.2 Å². The number of benzene rings is 1. The number of amides is 1. The quantitative estimate of drug-likeness (QED) is 0.695. The van der Waals surface area contributed by atoms with Gasteiger partial charge in [0.25, 0.3) is 0 Å². The van der Waals surface area contributed by atoms with Gasteiger partial charge in [-0.15, -0.1) is 0 Å². The first-order valence-corrected chi connectivity index (χ1v) is 12.7. The number of rotatable bonds is 6. The third-order valence-corrected chi connectivity index (χ3v) is 6.14. The Bertz CT molecular complexity index is 1150. The van der Waals surface area contributed by atoms with Gasteiger partial charge in [-0.05, 0) is 55.3 Å². The largest absolute Gasteiger partial charge is 0.380 e. The molecule has 0 spiro atoms. The fourth-order valence-electron chi connectivity index (χ4n) is 4.15. The van der Waals surface area contributed by atoms with Crippen molar-refractivity contribution in [2.75, 3.05) is 47.4 Å². The van der Waals surface area contributed by atoms with E-state index in [4.69, 9.17) is 0 Å². The van der Waals surface area contributed by atoms with Gasteiger partial charge in [-0.25, -0.2) is 13.4 Å². The lowest BCUT2D eigenvalue weighted by Crippen LogP contribution is -2.49. The average molecular weight is 456 g/mol. The average Bonchev–Trinajstić information content (AvgIpc) is 3.15. The second-order valence-corrected chi connectivity index (χ2v) is 10.3. The van der Waals surface area contributed by atoms with E-state index in [0.717, 1.165) is 47.6 Å². The molecule has 1 aromatic carbocycles. The summed E-state index contributed by atoms with van der Waals surface area (Å²) in [4.78, 5) is 21.8. The molecule has 1 aliphatic heterocycles. The highest BCUT2D eigenvalue weighted by atomic mass is 32.2. The molecule has 2 aliphatic rings. The minimum atomic E-state index is -3.34. The molecule has 2 aromatic rings. The molecule has 0 bridgehead atoms. The molecule has 9 heteroatoms. The van der Waals surface area contributed by atoms with E-state index in [1.807, 2.05) is 29.2 Å². The van der Waals surface area contributed by atoms with Crippen molar-refractivity contribution in [3.8, 4) is 0 Å². The van der Waals surface area contributed by atoms with Gasteiger partial charge in [0.05, 0.1) is 11.9 Å². The van der Waals surface area contributed by atoms with E-state index < -0.39 is 10.0 Å². The van der Waals surface area contributed by atoms with Crippen molar-refractivity contribution in [3.63, 3.8) is 0 Å². The summed E-state index contributed by atoms with van der Waals surface area (Å²) in [5, 5.41) is 3.44. The van der Waals surface area contributed by atoms with Gasteiger partial charge < -0.3 is 15.1 Å². The molecule has 1 saturated heterocycles. The smallest absolute Gasteiger partial charge is 0.250 e. The number of sulfonamides is 1. The Balaban J connectivity index is 1.41. The summed E-state index contributed by atoms with van der Waals surface area (Å²) in [5.41, 5.74) is 4.17. The molecular weight excluding hydrogens is 426 g/mol. The zero-order chi connectivity index (χ0) is 22.9. The summed E-state index contributed by atoms with van der Waals surface area (Å²) in [6.45, 7) is 6.90. The summed E-state index contributed by atoms with van der Waals surface area (Å²) in [6.07, 6.45) is 5.36.